The average Bonchev–Trinajstić information content (AvgIpc) is 3.26. The normalized spacial score (nSPS) is 12.6. The second-order valence-electron chi connectivity index (χ2n) is 7.23. The number of benzene rings is 1. The van der Waals surface area contributed by atoms with Crippen LogP contribution >= 0.6 is 0 Å². The predicted octanol–water partition coefficient (Wildman–Crippen LogP) is 2.68. The Balaban J connectivity index is 1.75. The zero-order valence-corrected chi connectivity index (χ0v) is 18.3. The van der Waals surface area contributed by atoms with Gasteiger partial charge < -0.3 is 14.6 Å². The lowest BCUT2D eigenvalue weighted by molar-refractivity contribution is 0.0914. The van der Waals surface area contributed by atoms with Gasteiger partial charge in [-0.15, -0.1) is 0 Å². The average molecular weight is 445 g/mol. The number of amides is 1. The minimum Gasteiger partial charge on any atom is -0.384 e. The molecule has 0 aliphatic rings. The number of hydrogen-bond donors (Lipinski definition) is 1. The second-order valence-corrected chi connectivity index (χ2v) is 9.34. The monoisotopic (exact) mass is 444 g/mol. The number of carbonyl (C=O) groups excluding carboxylic acids is 1. The van der Waals surface area contributed by atoms with Gasteiger partial charge >= 0.3 is 0 Å². The molecule has 0 saturated heterocycles. The third-order valence-electron chi connectivity index (χ3n) is 4.61. The number of sulfone groups is 1. The smallest absolute Gasteiger partial charge is 0.251 e. The molecule has 0 aliphatic carbocycles. The molecule has 0 saturated carbocycles. The fraction of sp³-hybridized carbons (Fsp3) is 0.333. The molecule has 0 aliphatic heterocycles. The summed E-state index contributed by atoms with van der Waals surface area (Å²) in [5.41, 5.74) is 1.03. The quantitative estimate of drug-likeness (QED) is 0.534. The predicted molar refractivity (Wildman–Crippen MR) is 113 cm³/mol. The van der Waals surface area contributed by atoms with Crippen molar-refractivity contribution in [1.29, 1.82) is 0 Å². The molecule has 1 N–H and O–H groups in total. The maximum atomic E-state index is 12.8. The number of pyridine rings is 1. The SMILES string of the molecule is COCCS(=O)(=O)c1ccc(C(=O)NC(c2nc(-c3cccnc3)no2)C(C)C)cc1. The summed E-state index contributed by atoms with van der Waals surface area (Å²) in [7, 11) is -2.02. The van der Waals surface area contributed by atoms with Gasteiger partial charge in [-0.1, -0.05) is 19.0 Å². The Morgan fingerprint density at radius 3 is 2.55 bits per heavy atom. The molecule has 1 unspecified atom stereocenters. The summed E-state index contributed by atoms with van der Waals surface area (Å²) in [6, 6.07) is 8.84. The van der Waals surface area contributed by atoms with Gasteiger partial charge in [0.05, 0.1) is 17.3 Å². The molecule has 2 aromatic heterocycles. The lowest BCUT2D eigenvalue weighted by atomic mass is 10.0. The Morgan fingerprint density at radius 1 is 1.19 bits per heavy atom. The first kappa shape index (κ1) is 22.6. The van der Waals surface area contributed by atoms with E-state index in [2.05, 4.69) is 20.4 Å². The second kappa shape index (κ2) is 9.80. The molecule has 0 bridgehead atoms. The number of carbonyl (C=O) groups is 1. The molecule has 10 heteroatoms. The Kier molecular flexibility index (Phi) is 7.13. The highest BCUT2D eigenvalue weighted by Crippen LogP contribution is 2.24. The zero-order valence-electron chi connectivity index (χ0n) is 17.5. The van der Waals surface area contributed by atoms with Gasteiger partial charge in [0, 0.05) is 30.6 Å². The number of ether oxygens (including phenoxy) is 1. The van der Waals surface area contributed by atoms with Crippen LogP contribution in [-0.2, 0) is 14.6 Å². The fourth-order valence-electron chi connectivity index (χ4n) is 2.84. The first-order valence-corrected chi connectivity index (χ1v) is 11.3. The minimum atomic E-state index is -3.46. The van der Waals surface area contributed by atoms with E-state index >= 15 is 0 Å². The van der Waals surface area contributed by atoms with Gasteiger partial charge in [-0.2, -0.15) is 4.98 Å². The Labute approximate surface area is 180 Å². The molecular weight excluding hydrogens is 420 g/mol. The molecular formula is C21H24N4O5S. The first-order chi connectivity index (χ1) is 14.8. The molecule has 3 aromatic rings. The van der Waals surface area contributed by atoms with Crippen molar-refractivity contribution in [3.05, 3.63) is 60.2 Å². The van der Waals surface area contributed by atoms with Gasteiger partial charge in [0.25, 0.3) is 5.91 Å². The van der Waals surface area contributed by atoms with Crippen LogP contribution in [0.4, 0.5) is 0 Å². The molecule has 31 heavy (non-hydrogen) atoms. The molecule has 1 atom stereocenters. The summed E-state index contributed by atoms with van der Waals surface area (Å²) in [6.07, 6.45) is 3.27. The van der Waals surface area contributed by atoms with Crippen molar-refractivity contribution >= 4 is 15.7 Å². The number of methoxy groups -OCH3 is 1. The lowest BCUT2D eigenvalue weighted by Crippen LogP contribution is -2.32. The van der Waals surface area contributed by atoms with Gasteiger partial charge in [0.2, 0.25) is 11.7 Å². The Morgan fingerprint density at radius 2 is 1.94 bits per heavy atom. The van der Waals surface area contributed by atoms with Crippen molar-refractivity contribution in [3.63, 3.8) is 0 Å². The van der Waals surface area contributed by atoms with E-state index in [1.807, 2.05) is 19.9 Å². The number of rotatable bonds is 9. The highest BCUT2D eigenvalue weighted by atomic mass is 32.2. The topological polar surface area (TPSA) is 124 Å². The van der Waals surface area contributed by atoms with Crippen LogP contribution in [0.1, 0.15) is 36.1 Å². The maximum Gasteiger partial charge on any atom is 0.251 e. The van der Waals surface area contributed by atoms with E-state index in [1.54, 1.807) is 18.5 Å². The third kappa shape index (κ3) is 5.53. The van der Waals surface area contributed by atoms with Crippen molar-refractivity contribution in [2.45, 2.75) is 24.8 Å². The summed E-state index contributed by atoms with van der Waals surface area (Å²) < 4.78 is 34.7. The number of hydrogen-bond acceptors (Lipinski definition) is 8. The van der Waals surface area contributed by atoms with Crippen LogP contribution in [0, 0.1) is 5.92 Å². The van der Waals surface area contributed by atoms with Crippen molar-refractivity contribution in [2.24, 2.45) is 5.92 Å². The summed E-state index contributed by atoms with van der Waals surface area (Å²) in [4.78, 5) is 21.3. The van der Waals surface area contributed by atoms with Gasteiger partial charge in [0.15, 0.2) is 9.84 Å². The van der Waals surface area contributed by atoms with Crippen LogP contribution in [-0.4, -0.2) is 48.9 Å². The molecule has 9 nitrogen and oxygen atoms in total. The molecule has 1 aromatic carbocycles. The third-order valence-corrected chi connectivity index (χ3v) is 6.31. The summed E-state index contributed by atoms with van der Waals surface area (Å²) in [5, 5.41) is 6.86. The van der Waals surface area contributed by atoms with E-state index < -0.39 is 15.9 Å². The molecule has 0 spiro atoms. The lowest BCUT2D eigenvalue weighted by Gasteiger charge is -2.18. The number of aromatic nitrogens is 3. The van der Waals surface area contributed by atoms with Crippen molar-refractivity contribution in [3.8, 4) is 11.4 Å². The number of nitrogens with one attached hydrogen (secondary N) is 1. The highest BCUT2D eigenvalue weighted by Gasteiger charge is 2.25. The molecule has 1 amide bonds. The van der Waals surface area contributed by atoms with Crippen LogP contribution in [0.2, 0.25) is 0 Å². The van der Waals surface area contributed by atoms with E-state index in [4.69, 9.17) is 9.26 Å². The largest absolute Gasteiger partial charge is 0.384 e. The van der Waals surface area contributed by atoms with Gasteiger partial charge in [-0.25, -0.2) is 8.42 Å². The van der Waals surface area contributed by atoms with Gasteiger partial charge in [-0.3, -0.25) is 9.78 Å². The maximum absolute atomic E-state index is 12.8. The summed E-state index contributed by atoms with van der Waals surface area (Å²) >= 11 is 0. The summed E-state index contributed by atoms with van der Waals surface area (Å²) in [5.74, 6) is 0.135. The van der Waals surface area contributed by atoms with E-state index in [0.717, 1.165) is 0 Å². The van der Waals surface area contributed by atoms with Crippen LogP contribution in [0.5, 0.6) is 0 Å². The minimum absolute atomic E-state index is 0.0279. The Bertz CT molecular complexity index is 1110. The van der Waals surface area contributed by atoms with Crippen molar-refractivity contribution in [1.82, 2.24) is 20.4 Å². The van der Waals surface area contributed by atoms with Crippen LogP contribution < -0.4 is 5.32 Å². The molecule has 164 valence electrons. The van der Waals surface area contributed by atoms with Crippen LogP contribution in [0.3, 0.4) is 0 Å². The van der Waals surface area contributed by atoms with E-state index in [9.17, 15) is 13.2 Å². The fourth-order valence-corrected chi connectivity index (χ4v) is 4.01. The molecule has 0 radical (unpaired) electrons. The van der Waals surface area contributed by atoms with Crippen molar-refractivity contribution < 1.29 is 22.5 Å². The highest BCUT2D eigenvalue weighted by molar-refractivity contribution is 7.91. The number of nitrogens with zero attached hydrogens (tertiary/aromatic N) is 3. The first-order valence-electron chi connectivity index (χ1n) is 9.68. The standard InChI is InChI=1S/C21H24N4O5S/c1-14(2)18(21-24-19(25-30-21)16-5-4-10-22-13-16)23-20(26)15-6-8-17(9-7-15)31(27,28)12-11-29-3/h4-10,13-14,18H,11-12H2,1-3H3,(H,23,26). The Hall–Kier alpha value is -3.11. The van der Waals surface area contributed by atoms with Crippen molar-refractivity contribution in [2.75, 3.05) is 19.5 Å². The van der Waals surface area contributed by atoms with Gasteiger partial charge in [-0.05, 0) is 42.3 Å². The van der Waals surface area contributed by atoms with Crippen LogP contribution in [0.25, 0.3) is 11.4 Å². The molecule has 3 rings (SSSR count). The van der Waals surface area contributed by atoms with E-state index in [0.29, 0.717) is 17.0 Å². The zero-order chi connectivity index (χ0) is 22.4. The van der Waals surface area contributed by atoms with E-state index in [-0.39, 0.29) is 35.0 Å². The summed E-state index contributed by atoms with van der Waals surface area (Å²) in [6.45, 7) is 3.95. The van der Waals surface area contributed by atoms with Gasteiger partial charge in [0.1, 0.15) is 6.04 Å². The molecule has 0 fully saturated rings. The molecule has 2 heterocycles. The van der Waals surface area contributed by atoms with E-state index in [1.165, 1.54) is 31.4 Å². The van der Waals surface area contributed by atoms with Crippen LogP contribution in [0.15, 0.2) is 58.2 Å².